The second-order valence-electron chi connectivity index (χ2n) is 2.73. The second-order valence-corrected chi connectivity index (χ2v) is 3.73. The van der Waals surface area contributed by atoms with E-state index in [1.165, 1.54) is 11.8 Å². The van der Waals surface area contributed by atoms with Crippen LogP contribution >= 0.6 is 11.8 Å². The maximum atomic E-state index is 11.4. The van der Waals surface area contributed by atoms with Gasteiger partial charge < -0.3 is 4.74 Å². The summed E-state index contributed by atoms with van der Waals surface area (Å²) in [4.78, 5) is 22.7. The van der Waals surface area contributed by atoms with Gasteiger partial charge in [0, 0.05) is 4.91 Å². The van der Waals surface area contributed by atoms with Gasteiger partial charge in [0.2, 0.25) is 0 Å². The number of allylic oxidation sites excluding steroid dienone is 2. The average molecular weight is 228 g/mol. The Labute approximate surface area is 94.6 Å². The zero-order chi connectivity index (χ0) is 11.7. The highest BCUT2D eigenvalue weighted by Gasteiger charge is 2.12. The number of carbonyl (C=O) groups excluding carboxylic acids is 2. The summed E-state index contributed by atoms with van der Waals surface area (Å²) >= 11 is 1.24. The Balaban J connectivity index is 3.94. The summed E-state index contributed by atoms with van der Waals surface area (Å²) in [6.45, 7) is 7.59. The molecular weight excluding hydrogens is 212 g/mol. The predicted octanol–water partition coefficient (Wildman–Crippen LogP) is 2.68. The smallest absolute Gasteiger partial charge is 0.313 e. The van der Waals surface area contributed by atoms with Gasteiger partial charge in [-0.25, -0.2) is 0 Å². The van der Waals surface area contributed by atoms with Crippen molar-refractivity contribution >= 4 is 23.5 Å². The van der Waals surface area contributed by atoms with Crippen LogP contribution in [0.3, 0.4) is 0 Å². The van der Waals surface area contributed by atoms with Gasteiger partial charge in [-0.15, -0.1) is 0 Å². The van der Waals surface area contributed by atoms with Crippen molar-refractivity contribution in [1.82, 2.24) is 0 Å². The molecule has 0 unspecified atom stereocenters. The highest BCUT2D eigenvalue weighted by atomic mass is 32.2. The predicted molar refractivity (Wildman–Crippen MR) is 62.4 cm³/mol. The number of hydrogen-bond acceptors (Lipinski definition) is 4. The molecule has 0 aliphatic carbocycles. The van der Waals surface area contributed by atoms with Crippen molar-refractivity contribution in [3.63, 3.8) is 0 Å². The lowest BCUT2D eigenvalue weighted by molar-refractivity contribution is -0.144. The first-order chi connectivity index (χ1) is 7.11. The summed E-state index contributed by atoms with van der Waals surface area (Å²) in [5.41, 5.74) is 0. The molecule has 0 aliphatic rings. The number of rotatable bonds is 7. The first-order valence-corrected chi connectivity index (χ1v) is 5.69. The van der Waals surface area contributed by atoms with E-state index in [9.17, 15) is 9.59 Å². The molecule has 0 aromatic heterocycles. The molecule has 84 valence electrons. The van der Waals surface area contributed by atoms with E-state index in [2.05, 4.69) is 11.3 Å². The summed E-state index contributed by atoms with van der Waals surface area (Å²) < 4.78 is 4.66. The zero-order valence-corrected chi connectivity index (χ0v) is 9.93. The molecule has 0 fully saturated rings. The van der Waals surface area contributed by atoms with Crippen LogP contribution in [0.15, 0.2) is 23.0 Å². The number of esters is 1. The zero-order valence-electron chi connectivity index (χ0n) is 9.12. The molecule has 0 bridgehead atoms. The molecule has 0 amide bonds. The monoisotopic (exact) mass is 228 g/mol. The van der Waals surface area contributed by atoms with E-state index in [4.69, 9.17) is 0 Å². The Kier molecular flexibility index (Phi) is 7.72. The van der Waals surface area contributed by atoms with Gasteiger partial charge in [0.15, 0.2) is 5.78 Å². The Morgan fingerprint density at radius 1 is 1.40 bits per heavy atom. The molecule has 0 spiro atoms. The Morgan fingerprint density at radius 3 is 2.60 bits per heavy atom. The van der Waals surface area contributed by atoms with Crippen molar-refractivity contribution in [3.05, 3.63) is 23.0 Å². The maximum absolute atomic E-state index is 11.4. The third-order valence-electron chi connectivity index (χ3n) is 1.46. The van der Waals surface area contributed by atoms with Crippen LogP contribution in [0.2, 0.25) is 0 Å². The van der Waals surface area contributed by atoms with Crippen molar-refractivity contribution in [2.45, 2.75) is 26.7 Å². The highest BCUT2D eigenvalue weighted by Crippen LogP contribution is 2.17. The van der Waals surface area contributed by atoms with Gasteiger partial charge >= 0.3 is 5.97 Å². The van der Waals surface area contributed by atoms with Gasteiger partial charge in [-0.3, -0.25) is 9.59 Å². The lowest BCUT2D eigenvalue weighted by Crippen LogP contribution is -2.11. The second kappa shape index (κ2) is 8.29. The van der Waals surface area contributed by atoms with Gasteiger partial charge in [0.05, 0.1) is 6.61 Å². The van der Waals surface area contributed by atoms with Crippen LogP contribution in [0, 0.1) is 0 Å². The maximum Gasteiger partial charge on any atom is 0.313 e. The number of ether oxygens (including phenoxy) is 1. The molecule has 0 saturated heterocycles. The molecule has 0 rings (SSSR count). The van der Waals surface area contributed by atoms with Crippen LogP contribution in [0.25, 0.3) is 0 Å². The SMILES string of the molecule is C=C(S/C=C\CC)C(=O)CC(=O)OCC. The molecule has 4 heteroatoms. The molecule has 15 heavy (non-hydrogen) atoms. The van der Waals surface area contributed by atoms with E-state index >= 15 is 0 Å². The lowest BCUT2D eigenvalue weighted by atomic mass is 10.3. The minimum absolute atomic E-state index is 0.223. The van der Waals surface area contributed by atoms with E-state index in [-0.39, 0.29) is 12.2 Å². The fraction of sp³-hybridized carbons (Fsp3) is 0.455. The van der Waals surface area contributed by atoms with Gasteiger partial charge in [-0.05, 0) is 18.8 Å². The summed E-state index contributed by atoms with van der Waals surface area (Å²) in [7, 11) is 0. The number of Topliss-reactive ketones (excluding diaryl/α,β-unsaturated/α-hetero) is 1. The molecule has 0 saturated carbocycles. The largest absolute Gasteiger partial charge is 0.466 e. The summed E-state index contributed by atoms with van der Waals surface area (Å²) in [6, 6.07) is 0. The summed E-state index contributed by atoms with van der Waals surface area (Å²) in [6.07, 6.45) is 2.61. The van der Waals surface area contributed by atoms with Crippen molar-refractivity contribution in [2.24, 2.45) is 0 Å². The fourth-order valence-corrected chi connectivity index (χ4v) is 1.39. The van der Waals surface area contributed by atoms with Crippen LogP contribution in [0.4, 0.5) is 0 Å². The van der Waals surface area contributed by atoms with Gasteiger partial charge in [0.1, 0.15) is 6.42 Å². The van der Waals surface area contributed by atoms with Crippen LogP contribution in [-0.2, 0) is 14.3 Å². The molecule has 0 N–H and O–H groups in total. The molecule has 0 aromatic carbocycles. The highest BCUT2D eigenvalue weighted by molar-refractivity contribution is 8.06. The summed E-state index contributed by atoms with van der Waals surface area (Å²) in [5, 5.41) is 1.80. The van der Waals surface area contributed by atoms with Crippen LogP contribution in [0.5, 0.6) is 0 Å². The standard InChI is InChI=1S/C11H16O3S/c1-4-6-7-15-9(3)10(12)8-11(13)14-5-2/h6-7H,3-5,8H2,1-2H3/b7-6-. The number of carbonyl (C=O) groups is 2. The van der Waals surface area contributed by atoms with Crippen LogP contribution < -0.4 is 0 Å². The Hall–Kier alpha value is -1.03. The van der Waals surface area contributed by atoms with Gasteiger partial charge in [0.25, 0.3) is 0 Å². The van der Waals surface area contributed by atoms with E-state index in [1.54, 1.807) is 12.3 Å². The van der Waals surface area contributed by atoms with Crippen molar-refractivity contribution < 1.29 is 14.3 Å². The third-order valence-corrected chi connectivity index (χ3v) is 2.30. The number of ketones is 1. The van der Waals surface area contributed by atoms with Crippen molar-refractivity contribution in [3.8, 4) is 0 Å². The average Bonchev–Trinajstić information content (AvgIpc) is 2.18. The quantitative estimate of drug-likeness (QED) is 0.382. The van der Waals surface area contributed by atoms with E-state index < -0.39 is 5.97 Å². The van der Waals surface area contributed by atoms with E-state index in [0.29, 0.717) is 11.5 Å². The Morgan fingerprint density at radius 2 is 2.07 bits per heavy atom. The Bertz CT molecular complexity index is 269. The van der Waals surface area contributed by atoms with Crippen LogP contribution in [-0.4, -0.2) is 18.4 Å². The number of thioether (sulfide) groups is 1. The molecule has 0 aromatic rings. The van der Waals surface area contributed by atoms with Crippen LogP contribution in [0.1, 0.15) is 26.7 Å². The van der Waals surface area contributed by atoms with Gasteiger partial charge in [-0.1, -0.05) is 31.3 Å². The van der Waals surface area contributed by atoms with Crippen molar-refractivity contribution in [1.29, 1.82) is 0 Å². The molecule has 3 nitrogen and oxygen atoms in total. The first kappa shape index (κ1) is 14.0. The van der Waals surface area contributed by atoms with E-state index in [1.807, 2.05) is 13.0 Å². The molecule has 0 aliphatic heterocycles. The molecule has 0 radical (unpaired) electrons. The summed E-state index contributed by atoms with van der Waals surface area (Å²) in [5.74, 6) is -0.775. The van der Waals surface area contributed by atoms with Gasteiger partial charge in [-0.2, -0.15) is 0 Å². The molecule has 0 heterocycles. The van der Waals surface area contributed by atoms with E-state index in [0.717, 1.165) is 6.42 Å². The fourth-order valence-electron chi connectivity index (χ4n) is 0.734. The lowest BCUT2D eigenvalue weighted by Gasteiger charge is -2.01. The minimum atomic E-state index is -0.497. The van der Waals surface area contributed by atoms with Crippen molar-refractivity contribution in [2.75, 3.05) is 6.61 Å². The third kappa shape index (κ3) is 6.96. The normalized spacial score (nSPS) is 10.3. The first-order valence-electron chi connectivity index (χ1n) is 4.81. The topological polar surface area (TPSA) is 43.4 Å². The molecular formula is C11H16O3S. The molecule has 0 atom stereocenters. The minimum Gasteiger partial charge on any atom is -0.466 e. The number of hydrogen-bond donors (Lipinski definition) is 0.